The minimum Gasteiger partial charge on any atom is -0.363 e. The zero-order valence-electron chi connectivity index (χ0n) is 9.33. The molecule has 0 bridgehead atoms. The molecule has 6 heteroatoms. The Kier molecular flexibility index (Phi) is 4.03. The van der Waals surface area contributed by atoms with Crippen LogP contribution in [0.1, 0.15) is 18.9 Å². The highest BCUT2D eigenvalue weighted by Gasteiger charge is 2.15. The first-order valence-corrected chi connectivity index (χ1v) is 6.09. The van der Waals surface area contributed by atoms with Crippen molar-refractivity contribution in [2.24, 2.45) is 0 Å². The van der Waals surface area contributed by atoms with Crippen LogP contribution in [-0.2, 0) is 4.74 Å². The van der Waals surface area contributed by atoms with Crippen LogP contribution in [0.15, 0.2) is 30.0 Å². The summed E-state index contributed by atoms with van der Waals surface area (Å²) in [5.74, 6) is 0. The zero-order chi connectivity index (χ0) is 12.1. The first-order chi connectivity index (χ1) is 8.31. The van der Waals surface area contributed by atoms with Gasteiger partial charge < -0.3 is 15.2 Å². The van der Waals surface area contributed by atoms with Crippen LogP contribution in [0.4, 0.5) is 10.7 Å². The van der Waals surface area contributed by atoms with E-state index in [0.717, 1.165) is 10.7 Å². The molecule has 2 rings (SSSR count). The number of nitrogens with one attached hydrogen (secondary N) is 1. The molecular formula is C11H13N3O2S. The largest absolute Gasteiger partial charge is 0.363 e. The number of aliphatic hydroxyl groups excluding tert-OH is 1. The monoisotopic (exact) mass is 251 g/mol. The highest BCUT2D eigenvalue weighted by atomic mass is 32.1. The van der Waals surface area contributed by atoms with E-state index in [1.165, 1.54) is 11.3 Å². The molecular weight excluding hydrogens is 238 g/mol. The molecule has 90 valence electrons. The van der Waals surface area contributed by atoms with Gasteiger partial charge in [0.2, 0.25) is 6.29 Å². The third kappa shape index (κ3) is 3.00. The molecule has 0 aliphatic rings. The third-order valence-electron chi connectivity index (χ3n) is 2.07. The standard InChI is InChI=1S/C11H13N3O2S/c1-2-16-11(15)9-10(17-7-13-9)14-8-4-3-5-12-6-8/h3-7,11,14-15H,2H2,1H3. The van der Waals surface area contributed by atoms with E-state index in [-0.39, 0.29) is 0 Å². The molecule has 2 heterocycles. The molecule has 0 radical (unpaired) electrons. The van der Waals surface area contributed by atoms with Gasteiger partial charge in [-0.2, -0.15) is 0 Å². The van der Waals surface area contributed by atoms with Crippen molar-refractivity contribution in [1.29, 1.82) is 0 Å². The second-order valence-electron chi connectivity index (χ2n) is 3.24. The second-order valence-corrected chi connectivity index (χ2v) is 4.10. The molecule has 0 aliphatic carbocycles. The number of aliphatic hydroxyl groups is 1. The van der Waals surface area contributed by atoms with Gasteiger partial charge in [0.25, 0.3) is 0 Å². The van der Waals surface area contributed by atoms with Crippen molar-refractivity contribution in [3.8, 4) is 0 Å². The van der Waals surface area contributed by atoms with E-state index in [9.17, 15) is 5.11 Å². The predicted molar refractivity (Wildman–Crippen MR) is 66.2 cm³/mol. The van der Waals surface area contributed by atoms with Crippen molar-refractivity contribution in [2.45, 2.75) is 13.2 Å². The van der Waals surface area contributed by atoms with Gasteiger partial charge in [0.1, 0.15) is 10.7 Å². The lowest BCUT2D eigenvalue weighted by molar-refractivity contribution is -0.0998. The van der Waals surface area contributed by atoms with Crippen LogP contribution in [0.5, 0.6) is 0 Å². The molecule has 0 saturated heterocycles. The van der Waals surface area contributed by atoms with Crippen molar-refractivity contribution in [3.63, 3.8) is 0 Å². The summed E-state index contributed by atoms with van der Waals surface area (Å²) in [5.41, 5.74) is 3.01. The Morgan fingerprint density at radius 1 is 1.59 bits per heavy atom. The minimum absolute atomic E-state index is 0.436. The molecule has 0 spiro atoms. The Morgan fingerprint density at radius 3 is 3.18 bits per heavy atom. The summed E-state index contributed by atoms with van der Waals surface area (Å²) in [6, 6.07) is 3.73. The maximum absolute atomic E-state index is 9.73. The summed E-state index contributed by atoms with van der Waals surface area (Å²) in [6.45, 7) is 2.26. The van der Waals surface area contributed by atoms with Crippen LogP contribution in [-0.4, -0.2) is 21.7 Å². The first kappa shape index (κ1) is 12.0. The van der Waals surface area contributed by atoms with Crippen molar-refractivity contribution in [1.82, 2.24) is 9.97 Å². The predicted octanol–water partition coefficient (Wildman–Crippen LogP) is 2.31. The average Bonchev–Trinajstić information content (AvgIpc) is 2.79. The topological polar surface area (TPSA) is 67.3 Å². The van der Waals surface area contributed by atoms with Crippen LogP contribution in [0, 0.1) is 0 Å². The number of ether oxygens (including phenoxy) is 1. The molecule has 2 aromatic rings. The number of anilines is 2. The first-order valence-electron chi connectivity index (χ1n) is 5.21. The van der Waals surface area contributed by atoms with Crippen molar-refractivity contribution in [2.75, 3.05) is 11.9 Å². The summed E-state index contributed by atoms with van der Waals surface area (Å²) in [4.78, 5) is 8.10. The van der Waals surface area contributed by atoms with E-state index in [1.54, 1.807) is 17.9 Å². The highest BCUT2D eigenvalue weighted by Crippen LogP contribution is 2.29. The van der Waals surface area contributed by atoms with Gasteiger partial charge in [0, 0.05) is 12.8 Å². The zero-order valence-corrected chi connectivity index (χ0v) is 10.1. The van der Waals surface area contributed by atoms with Gasteiger partial charge in [-0.25, -0.2) is 4.98 Å². The molecule has 1 unspecified atom stereocenters. The van der Waals surface area contributed by atoms with Crippen LogP contribution >= 0.6 is 11.3 Å². The number of rotatable bonds is 5. The van der Waals surface area contributed by atoms with Crippen LogP contribution in [0.25, 0.3) is 0 Å². The Bertz CT molecular complexity index is 461. The molecule has 0 aromatic carbocycles. The Labute approximate surface area is 103 Å². The summed E-state index contributed by atoms with van der Waals surface area (Å²) in [5, 5.41) is 13.6. The molecule has 2 N–H and O–H groups in total. The van der Waals surface area contributed by atoms with Gasteiger partial charge in [-0.15, -0.1) is 11.3 Å². The number of aromatic nitrogens is 2. The smallest absolute Gasteiger partial charge is 0.201 e. The van der Waals surface area contributed by atoms with Crippen molar-refractivity contribution < 1.29 is 9.84 Å². The minimum atomic E-state index is -0.995. The molecule has 5 nitrogen and oxygen atoms in total. The van der Waals surface area contributed by atoms with Crippen LogP contribution < -0.4 is 5.32 Å². The lowest BCUT2D eigenvalue weighted by atomic mass is 10.4. The average molecular weight is 251 g/mol. The lowest BCUT2D eigenvalue weighted by Crippen LogP contribution is -2.05. The van der Waals surface area contributed by atoms with Gasteiger partial charge >= 0.3 is 0 Å². The molecule has 0 fully saturated rings. The summed E-state index contributed by atoms with van der Waals surface area (Å²) in [6.07, 6.45) is 2.41. The van der Waals surface area contributed by atoms with Gasteiger partial charge in [-0.1, -0.05) is 0 Å². The highest BCUT2D eigenvalue weighted by molar-refractivity contribution is 7.14. The number of pyridine rings is 1. The number of thiazole rings is 1. The van der Waals surface area contributed by atoms with Crippen LogP contribution in [0.2, 0.25) is 0 Å². The number of hydrogen-bond donors (Lipinski definition) is 2. The normalized spacial score (nSPS) is 12.4. The van der Waals surface area contributed by atoms with E-state index in [4.69, 9.17) is 4.74 Å². The van der Waals surface area contributed by atoms with Crippen LogP contribution in [0.3, 0.4) is 0 Å². The van der Waals surface area contributed by atoms with E-state index in [0.29, 0.717) is 12.3 Å². The van der Waals surface area contributed by atoms with Gasteiger partial charge in [0.05, 0.1) is 17.4 Å². The summed E-state index contributed by atoms with van der Waals surface area (Å²) >= 11 is 1.41. The molecule has 0 aliphatic heterocycles. The van der Waals surface area contributed by atoms with Gasteiger partial charge in [0.15, 0.2) is 0 Å². The Balaban J connectivity index is 2.14. The molecule has 0 saturated carbocycles. The SMILES string of the molecule is CCOC(O)c1ncsc1Nc1cccnc1. The van der Waals surface area contributed by atoms with E-state index < -0.39 is 6.29 Å². The van der Waals surface area contributed by atoms with E-state index in [1.807, 2.05) is 19.1 Å². The fraction of sp³-hybridized carbons (Fsp3) is 0.273. The van der Waals surface area contributed by atoms with Crippen molar-refractivity contribution in [3.05, 3.63) is 35.7 Å². The lowest BCUT2D eigenvalue weighted by Gasteiger charge is -2.11. The second kappa shape index (κ2) is 5.72. The third-order valence-corrected chi connectivity index (χ3v) is 2.83. The fourth-order valence-corrected chi connectivity index (χ4v) is 2.05. The Hall–Kier alpha value is -1.50. The molecule has 17 heavy (non-hydrogen) atoms. The summed E-state index contributed by atoms with van der Waals surface area (Å²) in [7, 11) is 0. The maximum Gasteiger partial charge on any atom is 0.201 e. The maximum atomic E-state index is 9.73. The fourth-order valence-electron chi connectivity index (χ4n) is 1.33. The van der Waals surface area contributed by atoms with Gasteiger partial charge in [-0.05, 0) is 19.1 Å². The van der Waals surface area contributed by atoms with Crippen molar-refractivity contribution >= 4 is 22.0 Å². The number of nitrogens with zero attached hydrogens (tertiary/aromatic N) is 2. The van der Waals surface area contributed by atoms with E-state index >= 15 is 0 Å². The molecule has 2 aromatic heterocycles. The Morgan fingerprint density at radius 2 is 2.47 bits per heavy atom. The van der Waals surface area contributed by atoms with E-state index in [2.05, 4.69) is 15.3 Å². The molecule has 0 amide bonds. The quantitative estimate of drug-likeness (QED) is 0.798. The molecule has 1 atom stereocenters. The van der Waals surface area contributed by atoms with Gasteiger partial charge in [-0.3, -0.25) is 4.98 Å². The summed E-state index contributed by atoms with van der Waals surface area (Å²) < 4.78 is 5.11. The number of hydrogen-bond acceptors (Lipinski definition) is 6.